The third kappa shape index (κ3) is 5.85. The molecular formula is C15H24ClNO. The van der Waals surface area contributed by atoms with Gasteiger partial charge in [0.1, 0.15) is 0 Å². The minimum atomic E-state index is 0.580. The topological polar surface area (TPSA) is 21.3 Å². The van der Waals surface area contributed by atoms with Gasteiger partial charge in [0.2, 0.25) is 0 Å². The number of rotatable bonds is 9. The molecule has 18 heavy (non-hydrogen) atoms. The molecule has 3 heteroatoms. The van der Waals surface area contributed by atoms with Crippen LogP contribution in [0, 0.1) is 5.92 Å². The zero-order valence-corrected chi connectivity index (χ0v) is 12.2. The molecule has 0 spiro atoms. The van der Waals surface area contributed by atoms with E-state index in [0.717, 1.165) is 44.2 Å². The Kier molecular flexibility index (Phi) is 8.06. The van der Waals surface area contributed by atoms with E-state index in [9.17, 15) is 0 Å². The Labute approximate surface area is 116 Å². The Bertz CT molecular complexity index is 330. The molecule has 0 aromatic heterocycles. The molecule has 2 nitrogen and oxygen atoms in total. The lowest BCUT2D eigenvalue weighted by atomic mass is 9.96. The summed E-state index contributed by atoms with van der Waals surface area (Å²) < 4.78 is 5.45. The lowest BCUT2D eigenvalue weighted by molar-refractivity contribution is 0.131. The van der Waals surface area contributed by atoms with Gasteiger partial charge in [-0.25, -0.2) is 0 Å². The first-order valence-corrected chi connectivity index (χ1v) is 7.17. The number of hydrogen-bond donors (Lipinski definition) is 1. The molecule has 1 rings (SSSR count). The van der Waals surface area contributed by atoms with Crippen LogP contribution in [-0.2, 0) is 11.2 Å². The predicted molar refractivity (Wildman–Crippen MR) is 78.3 cm³/mol. The summed E-state index contributed by atoms with van der Waals surface area (Å²) in [4.78, 5) is 0. The van der Waals surface area contributed by atoms with Gasteiger partial charge in [0.15, 0.2) is 0 Å². The molecule has 102 valence electrons. The second kappa shape index (κ2) is 9.37. The van der Waals surface area contributed by atoms with Gasteiger partial charge in [-0.05, 0) is 50.4 Å². The van der Waals surface area contributed by atoms with Gasteiger partial charge in [0, 0.05) is 18.2 Å². The predicted octanol–water partition coefficient (Wildman–Crippen LogP) is 3.53. The zero-order valence-electron chi connectivity index (χ0n) is 11.4. The fourth-order valence-corrected chi connectivity index (χ4v) is 2.21. The largest absolute Gasteiger partial charge is 0.382 e. The standard InChI is InChI=1S/C15H24ClNO/c1-3-17-12-13(9-10-18-4-2)11-14-7-5-6-8-15(14)16/h5-8,13,17H,3-4,9-12H2,1-2H3. The Morgan fingerprint density at radius 1 is 1.28 bits per heavy atom. The number of halogens is 1. The summed E-state index contributed by atoms with van der Waals surface area (Å²) in [6.07, 6.45) is 2.09. The van der Waals surface area contributed by atoms with Crippen LogP contribution in [0.4, 0.5) is 0 Å². The van der Waals surface area contributed by atoms with Crippen LogP contribution in [0.1, 0.15) is 25.8 Å². The molecule has 1 unspecified atom stereocenters. The highest BCUT2D eigenvalue weighted by atomic mass is 35.5. The monoisotopic (exact) mass is 269 g/mol. The summed E-state index contributed by atoms with van der Waals surface area (Å²) in [5.41, 5.74) is 1.23. The minimum absolute atomic E-state index is 0.580. The molecule has 0 heterocycles. The second-order valence-corrected chi connectivity index (χ2v) is 4.86. The fraction of sp³-hybridized carbons (Fsp3) is 0.600. The van der Waals surface area contributed by atoms with Crippen molar-refractivity contribution in [3.63, 3.8) is 0 Å². The van der Waals surface area contributed by atoms with Gasteiger partial charge in [0.05, 0.1) is 0 Å². The van der Waals surface area contributed by atoms with Crippen molar-refractivity contribution in [2.24, 2.45) is 5.92 Å². The quantitative estimate of drug-likeness (QED) is 0.693. The van der Waals surface area contributed by atoms with Gasteiger partial charge >= 0.3 is 0 Å². The first kappa shape index (κ1) is 15.5. The van der Waals surface area contributed by atoms with Gasteiger partial charge in [-0.1, -0.05) is 36.7 Å². The van der Waals surface area contributed by atoms with Crippen LogP contribution in [0.2, 0.25) is 5.02 Å². The van der Waals surface area contributed by atoms with Gasteiger partial charge in [0.25, 0.3) is 0 Å². The number of hydrogen-bond acceptors (Lipinski definition) is 2. The lowest BCUT2D eigenvalue weighted by Crippen LogP contribution is -2.25. The third-order valence-corrected chi connectivity index (χ3v) is 3.39. The number of nitrogens with one attached hydrogen (secondary N) is 1. The Morgan fingerprint density at radius 3 is 2.72 bits per heavy atom. The van der Waals surface area contributed by atoms with Gasteiger partial charge in [-0.15, -0.1) is 0 Å². The average Bonchev–Trinajstić information content (AvgIpc) is 2.38. The first-order chi connectivity index (χ1) is 8.77. The van der Waals surface area contributed by atoms with Gasteiger partial charge in [-0.3, -0.25) is 0 Å². The summed E-state index contributed by atoms with van der Waals surface area (Å²) >= 11 is 6.21. The summed E-state index contributed by atoms with van der Waals surface area (Å²) in [5.74, 6) is 0.580. The van der Waals surface area contributed by atoms with Crippen molar-refractivity contribution in [2.75, 3.05) is 26.3 Å². The van der Waals surface area contributed by atoms with E-state index in [-0.39, 0.29) is 0 Å². The average molecular weight is 270 g/mol. The molecule has 0 saturated heterocycles. The van der Waals surface area contributed by atoms with Crippen molar-refractivity contribution in [1.29, 1.82) is 0 Å². The molecule has 0 aliphatic rings. The van der Waals surface area contributed by atoms with E-state index in [1.165, 1.54) is 5.56 Å². The molecule has 0 aliphatic carbocycles. The number of ether oxygens (including phenoxy) is 1. The number of benzene rings is 1. The van der Waals surface area contributed by atoms with Crippen LogP contribution in [0.25, 0.3) is 0 Å². The van der Waals surface area contributed by atoms with E-state index in [4.69, 9.17) is 16.3 Å². The van der Waals surface area contributed by atoms with Crippen molar-refractivity contribution in [1.82, 2.24) is 5.32 Å². The van der Waals surface area contributed by atoms with E-state index in [2.05, 4.69) is 18.3 Å². The Morgan fingerprint density at radius 2 is 2.06 bits per heavy atom. The molecule has 0 fully saturated rings. The van der Waals surface area contributed by atoms with Crippen molar-refractivity contribution in [3.8, 4) is 0 Å². The van der Waals surface area contributed by atoms with Crippen molar-refractivity contribution < 1.29 is 4.74 Å². The van der Waals surface area contributed by atoms with Crippen LogP contribution < -0.4 is 5.32 Å². The minimum Gasteiger partial charge on any atom is -0.382 e. The molecule has 0 amide bonds. The highest BCUT2D eigenvalue weighted by Gasteiger charge is 2.11. The Balaban J connectivity index is 2.51. The summed E-state index contributed by atoms with van der Waals surface area (Å²) in [5, 5.41) is 4.29. The second-order valence-electron chi connectivity index (χ2n) is 4.45. The fourth-order valence-electron chi connectivity index (χ4n) is 1.99. The molecule has 1 aromatic rings. The Hall–Kier alpha value is -0.570. The molecule has 1 atom stereocenters. The summed E-state index contributed by atoms with van der Waals surface area (Å²) in [6, 6.07) is 8.10. The van der Waals surface area contributed by atoms with Crippen molar-refractivity contribution in [2.45, 2.75) is 26.7 Å². The molecule has 0 saturated carbocycles. The van der Waals surface area contributed by atoms with Crippen LogP contribution in [0.15, 0.2) is 24.3 Å². The summed E-state index contributed by atoms with van der Waals surface area (Å²) in [7, 11) is 0. The molecule has 0 aliphatic heterocycles. The third-order valence-electron chi connectivity index (χ3n) is 3.02. The van der Waals surface area contributed by atoms with E-state index in [1.54, 1.807) is 0 Å². The highest BCUT2D eigenvalue weighted by Crippen LogP contribution is 2.20. The van der Waals surface area contributed by atoms with E-state index >= 15 is 0 Å². The SMILES string of the molecule is CCNCC(CCOCC)Cc1ccccc1Cl. The summed E-state index contributed by atoms with van der Waals surface area (Å²) in [6.45, 7) is 7.82. The van der Waals surface area contributed by atoms with E-state index in [1.807, 2.05) is 25.1 Å². The van der Waals surface area contributed by atoms with E-state index < -0.39 is 0 Å². The highest BCUT2D eigenvalue weighted by molar-refractivity contribution is 6.31. The molecule has 0 radical (unpaired) electrons. The maximum absolute atomic E-state index is 6.21. The normalized spacial score (nSPS) is 12.6. The van der Waals surface area contributed by atoms with Crippen molar-refractivity contribution in [3.05, 3.63) is 34.9 Å². The zero-order chi connectivity index (χ0) is 13.2. The molecule has 0 bridgehead atoms. The lowest BCUT2D eigenvalue weighted by Gasteiger charge is -2.18. The van der Waals surface area contributed by atoms with Crippen LogP contribution >= 0.6 is 11.6 Å². The maximum Gasteiger partial charge on any atom is 0.0469 e. The van der Waals surface area contributed by atoms with Crippen LogP contribution in [0.5, 0.6) is 0 Å². The van der Waals surface area contributed by atoms with Crippen LogP contribution in [-0.4, -0.2) is 26.3 Å². The van der Waals surface area contributed by atoms with Gasteiger partial charge in [-0.2, -0.15) is 0 Å². The van der Waals surface area contributed by atoms with E-state index in [0.29, 0.717) is 5.92 Å². The molecule has 1 N–H and O–H groups in total. The smallest absolute Gasteiger partial charge is 0.0469 e. The maximum atomic E-state index is 6.21. The van der Waals surface area contributed by atoms with Crippen LogP contribution in [0.3, 0.4) is 0 Å². The molecule has 1 aromatic carbocycles. The van der Waals surface area contributed by atoms with Crippen molar-refractivity contribution >= 4 is 11.6 Å². The van der Waals surface area contributed by atoms with Gasteiger partial charge < -0.3 is 10.1 Å². The first-order valence-electron chi connectivity index (χ1n) is 6.79. The molecular weight excluding hydrogens is 246 g/mol.